The fourth-order valence-corrected chi connectivity index (χ4v) is 3.49. The molecule has 1 N–H and O–H groups in total. The summed E-state index contributed by atoms with van der Waals surface area (Å²) in [6.07, 6.45) is 2.60. The Morgan fingerprint density at radius 2 is 1.93 bits per heavy atom. The summed E-state index contributed by atoms with van der Waals surface area (Å²) in [5, 5.41) is 2.84. The van der Waals surface area contributed by atoms with Crippen molar-refractivity contribution in [3.8, 4) is 0 Å². The molecule has 0 aliphatic carbocycles. The minimum atomic E-state index is -0.473. The van der Waals surface area contributed by atoms with E-state index in [9.17, 15) is 14.4 Å². The molecule has 0 unspecified atom stereocenters. The van der Waals surface area contributed by atoms with Crippen molar-refractivity contribution in [1.29, 1.82) is 0 Å². The summed E-state index contributed by atoms with van der Waals surface area (Å²) >= 11 is 0. The lowest BCUT2D eigenvalue weighted by atomic mass is 10.1. The minimum absolute atomic E-state index is 0.112. The number of piperidine rings is 1. The molecule has 28 heavy (non-hydrogen) atoms. The van der Waals surface area contributed by atoms with Crippen LogP contribution in [0.25, 0.3) is 11.1 Å². The maximum Gasteiger partial charge on any atom is 0.419 e. The van der Waals surface area contributed by atoms with Gasteiger partial charge in [-0.05, 0) is 43.2 Å². The number of rotatable bonds is 5. The van der Waals surface area contributed by atoms with Crippen molar-refractivity contribution in [2.24, 2.45) is 0 Å². The molecule has 3 aromatic rings. The van der Waals surface area contributed by atoms with E-state index >= 15 is 0 Å². The SMILES string of the molecule is O=C(CCn1c(=O)oc2ccccc21)Nc1cccc(N2CCCCC2=O)c1. The molecule has 2 aromatic carbocycles. The first-order chi connectivity index (χ1) is 13.6. The van der Waals surface area contributed by atoms with Gasteiger partial charge < -0.3 is 14.6 Å². The lowest BCUT2D eigenvalue weighted by molar-refractivity contribution is -0.119. The number of hydrogen-bond donors (Lipinski definition) is 1. The second kappa shape index (κ2) is 7.72. The highest BCUT2D eigenvalue weighted by molar-refractivity contribution is 5.96. The molecule has 1 aliphatic heterocycles. The van der Waals surface area contributed by atoms with Gasteiger partial charge in [0.15, 0.2) is 5.58 Å². The predicted molar refractivity (Wildman–Crippen MR) is 106 cm³/mol. The van der Waals surface area contributed by atoms with Gasteiger partial charge in [-0.15, -0.1) is 0 Å². The van der Waals surface area contributed by atoms with E-state index in [1.54, 1.807) is 35.2 Å². The number of hydrogen-bond acceptors (Lipinski definition) is 4. The van der Waals surface area contributed by atoms with Crippen molar-refractivity contribution in [3.05, 3.63) is 59.1 Å². The number of aromatic nitrogens is 1. The Morgan fingerprint density at radius 3 is 2.79 bits per heavy atom. The van der Waals surface area contributed by atoms with E-state index in [0.29, 0.717) is 29.8 Å². The van der Waals surface area contributed by atoms with Crippen LogP contribution in [-0.4, -0.2) is 22.9 Å². The van der Waals surface area contributed by atoms with Gasteiger partial charge >= 0.3 is 5.76 Å². The second-order valence-electron chi connectivity index (χ2n) is 6.84. The van der Waals surface area contributed by atoms with Gasteiger partial charge in [-0.2, -0.15) is 0 Å². The Morgan fingerprint density at radius 1 is 1.07 bits per heavy atom. The average Bonchev–Trinajstić information content (AvgIpc) is 3.02. The maximum atomic E-state index is 12.4. The third kappa shape index (κ3) is 3.69. The summed E-state index contributed by atoms with van der Waals surface area (Å²) < 4.78 is 6.64. The molecule has 1 fully saturated rings. The summed E-state index contributed by atoms with van der Waals surface area (Å²) in [7, 11) is 0. The Bertz CT molecular complexity index is 1080. The predicted octanol–water partition coefficient (Wildman–Crippen LogP) is 3.14. The number of carbonyl (C=O) groups excluding carboxylic acids is 2. The van der Waals surface area contributed by atoms with Crippen molar-refractivity contribution < 1.29 is 14.0 Å². The van der Waals surface area contributed by atoms with Gasteiger partial charge in [0.05, 0.1) is 5.52 Å². The van der Waals surface area contributed by atoms with Gasteiger partial charge in [0.25, 0.3) is 0 Å². The van der Waals surface area contributed by atoms with Crippen LogP contribution in [0, 0.1) is 0 Å². The molecule has 0 spiro atoms. The number of para-hydroxylation sites is 2. The summed E-state index contributed by atoms with van der Waals surface area (Å²) in [5.41, 5.74) is 2.60. The molecule has 0 atom stereocenters. The van der Waals surface area contributed by atoms with E-state index in [4.69, 9.17) is 4.42 Å². The Hall–Kier alpha value is -3.35. The molecule has 7 nitrogen and oxygen atoms in total. The third-order valence-corrected chi connectivity index (χ3v) is 4.90. The zero-order chi connectivity index (χ0) is 19.5. The standard InChI is InChI=1S/C21H21N3O4/c25-19(11-13-24-17-8-1-2-9-18(17)28-21(24)27)22-15-6-5-7-16(14-15)23-12-4-3-10-20(23)26/h1-2,5-9,14H,3-4,10-13H2,(H,22,25). The van der Waals surface area contributed by atoms with Crippen molar-refractivity contribution in [2.45, 2.75) is 32.2 Å². The Labute approximate surface area is 161 Å². The third-order valence-electron chi connectivity index (χ3n) is 4.90. The lowest BCUT2D eigenvalue weighted by Gasteiger charge is -2.27. The normalized spacial score (nSPS) is 14.4. The molecule has 1 aromatic heterocycles. The first kappa shape index (κ1) is 18.0. The summed E-state index contributed by atoms with van der Waals surface area (Å²) in [4.78, 5) is 38.2. The van der Waals surface area contributed by atoms with Crippen LogP contribution in [0.2, 0.25) is 0 Å². The summed E-state index contributed by atoms with van der Waals surface area (Å²) in [6.45, 7) is 0.929. The number of anilines is 2. The lowest BCUT2D eigenvalue weighted by Crippen LogP contribution is -2.35. The van der Waals surface area contributed by atoms with Crippen LogP contribution in [0.5, 0.6) is 0 Å². The van der Waals surface area contributed by atoms with E-state index in [0.717, 1.165) is 18.5 Å². The molecular formula is C21H21N3O4. The van der Waals surface area contributed by atoms with E-state index in [2.05, 4.69) is 5.32 Å². The molecule has 1 saturated heterocycles. The second-order valence-corrected chi connectivity index (χ2v) is 6.84. The molecule has 144 valence electrons. The quantitative estimate of drug-likeness (QED) is 0.738. The number of fused-ring (bicyclic) bond motifs is 1. The van der Waals surface area contributed by atoms with Gasteiger partial charge in [-0.1, -0.05) is 18.2 Å². The number of benzene rings is 2. The highest BCUT2D eigenvalue weighted by Gasteiger charge is 2.19. The average molecular weight is 379 g/mol. The van der Waals surface area contributed by atoms with Gasteiger partial charge in [0.1, 0.15) is 0 Å². The van der Waals surface area contributed by atoms with E-state index in [1.807, 2.05) is 18.2 Å². The zero-order valence-corrected chi connectivity index (χ0v) is 15.4. The van der Waals surface area contributed by atoms with Crippen LogP contribution in [0.4, 0.5) is 11.4 Å². The van der Waals surface area contributed by atoms with Crippen LogP contribution in [0.3, 0.4) is 0 Å². The zero-order valence-electron chi connectivity index (χ0n) is 15.4. The van der Waals surface area contributed by atoms with Crippen molar-refractivity contribution >= 4 is 34.3 Å². The number of oxazole rings is 1. The van der Waals surface area contributed by atoms with Crippen LogP contribution in [-0.2, 0) is 16.1 Å². The van der Waals surface area contributed by atoms with Crippen LogP contribution >= 0.6 is 0 Å². The summed E-state index contributed by atoms with van der Waals surface area (Å²) in [5.74, 6) is -0.570. The monoisotopic (exact) mass is 379 g/mol. The molecule has 0 saturated carbocycles. The van der Waals surface area contributed by atoms with Crippen LogP contribution < -0.4 is 16.0 Å². The van der Waals surface area contributed by atoms with Crippen molar-refractivity contribution in [2.75, 3.05) is 16.8 Å². The fourth-order valence-electron chi connectivity index (χ4n) is 3.49. The molecule has 7 heteroatoms. The van der Waals surface area contributed by atoms with Crippen molar-refractivity contribution in [3.63, 3.8) is 0 Å². The topological polar surface area (TPSA) is 84.5 Å². The largest absolute Gasteiger partial charge is 0.419 e. The Kier molecular flexibility index (Phi) is 4.97. The fraction of sp³-hybridized carbons (Fsp3) is 0.286. The highest BCUT2D eigenvalue weighted by atomic mass is 16.4. The van der Waals surface area contributed by atoms with E-state index in [1.165, 1.54) is 4.57 Å². The number of nitrogens with zero attached hydrogens (tertiary/aromatic N) is 2. The van der Waals surface area contributed by atoms with Crippen LogP contribution in [0.1, 0.15) is 25.7 Å². The smallest absolute Gasteiger partial charge is 0.408 e. The molecule has 0 radical (unpaired) electrons. The number of aryl methyl sites for hydroxylation is 1. The van der Waals surface area contributed by atoms with Gasteiger partial charge in [0.2, 0.25) is 11.8 Å². The molecular weight excluding hydrogens is 358 g/mol. The van der Waals surface area contributed by atoms with Gasteiger partial charge in [-0.3, -0.25) is 14.2 Å². The molecule has 0 bridgehead atoms. The summed E-state index contributed by atoms with van der Waals surface area (Å²) in [6, 6.07) is 14.4. The highest BCUT2D eigenvalue weighted by Crippen LogP contribution is 2.24. The molecule has 4 rings (SSSR count). The van der Waals surface area contributed by atoms with E-state index in [-0.39, 0.29) is 24.8 Å². The number of nitrogens with one attached hydrogen (secondary N) is 1. The van der Waals surface area contributed by atoms with Crippen molar-refractivity contribution in [1.82, 2.24) is 4.57 Å². The van der Waals surface area contributed by atoms with Gasteiger partial charge in [0, 0.05) is 37.3 Å². The number of carbonyl (C=O) groups is 2. The Balaban J connectivity index is 1.42. The molecule has 2 heterocycles. The minimum Gasteiger partial charge on any atom is -0.408 e. The van der Waals surface area contributed by atoms with Crippen LogP contribution in [0.15, 0.2) is 57.7 Å². The first-order valence-corrected chi connectivity index (χ1v) is 9.40. The maximum absolute atomic E-state index is 12.4. The first-order valence-electron chi connectivity index (χ1n) is 9.40. The number of amides is 2. The van der Waals surface area contributed by atoms with Gasteiger partial charge in [-0.25, -0.2) is 4.79 Å². The molecule has 2 amide bonds. The van der Waals surface area contributed by atoms with E-state index < -0.39 is 5.76 Å². The molecule has 1 aliphatic rings.